The molecule has 94 valence electrons. The number of aryl methyl sites for hydroxylation is 1. The molecule has 0 aliphatic heterocycles. The van der Waals surface area contributed by atoms with E-state index in [0.717, 1.165) is 28.4 Å². The van der Waals surface area contributed by atoms with E-state index in [0.29, 0.717) is 0 Å². The highest BCUT2D eigenvalue weighted by Gasteiger charge is 2.04. The van der Waals surface area contributed by atoms with Crippen molar-refractivity contribution >= 4 is 11.4 Å². The van der Waals surface area contributed by atoms with E-state index < -0.39 is 0 Å². The molecular weight excluding hydrogens is 226 g/mol. The fourth-order valence-electron chi connectivity index (χ4n) is 1.80. The molecule has 0 saturated carbocycles. The number of ether oxygens (including phenoxy) is 2. The molecule has 0 aromatic heterocycles. The standard InChI is InChI=1S/C15H17NO2/c1-11-10-12(17-2)8-9-13(11)16-14-6-4-5-7-15(14)18-3/h4-10,16H,1-3H3. The Labute approximate surface area is 107 Å². The van der Waals surface area contributed by atoms with Gasteiger partial charge in [-0.25, -0.2) is 0 Å². The summed E-state index contributed by atoms with van der Waals surface area (Å²) >= 11 is 0. The first-order valence-electron chi connectivity index (χ1n) is 5.79. The minimum atomic E-state index is 0.827. The second-order valence-electron chi connectivity index (χ2n) is 4.01. The van der Waals surface area contributed by atoms with E-state index in [-0.39, 0.29) is 0 Å². The van der Waals surface area contributed by atoms with Crippen LogP contribution >= 0.6 is 0 Å². The predicted molar refractivity (Wildman–Crippen MR) is 74.0 cm³/mol. The highest BCUT2D eigenvalue weighted by molar-refractivity contribution is 5.68. The molecule has 2 aromatic carbocycles. The number of nitrogens with one attached hydrogen (secondary N) is 1. The summed E-state index contributed by atoms with van der Waals surface area (Å²) < 4.78 is 10.5. The zero-order chi connectivity index (χ0) is 13.0. The predicted octanol–water partition coefficient (Wildman–Crippen LogP) is 3.76. The van der Waals surface area contributed by atoms with E-state index in [1.165, 1.54) is 0 Å². The van der Waals surface area contributed by atoms with Crippen molar-refractivity contribution in [1.82, 2.24) is 0 Å². The first-order valence-corrected chi connectivity index (χ1v) is 5.79. The summed E-state index contributed by atoms with van der Waals surface area (Å²) in [7, 11) is 3.34. The van der Waals surface area contributed by atoms with E-state index in [4.69, 9.17) is 9.47 Å². The summed E-state index contributed by atoms with van der Waals surface area (Å²) in [5, 5.41) is 3.36. The molecule has 18 heavy (non-hydrogen) atoms. The van der Waals surface area contributed by atoms with Gasteiger partial charge in [-0.15, -0.1) is 0 Å². The number of hydrogen-bond donors (Lipinski definition) is 1. The molecule has 0 aliphatic carbocycles. The van der Waals surface area contributed by atoms with Crippen molar-refractivity contribution in [3.63, 3.8) is 0 Å². The van der Waals surface area contributed by atoms with E-state index in [1.807, 2.05) is 49.4 Å². The van der Waals surface area contributed by atoms with Gasteiger partial charge in [0.05, 0.1) is 19.9 Å². The van der Waals surface area contributed by atoms with Crippen LogP contribution in [0.25, 0.3) is 0 Å². The largest absolute Gasteiger partial charge is 0.497 e. The monoisotopic (exact) mass is 243 g/mol. The van der Waals surface area contributed by atoms with Gasteiger partial charge in [0.1, 0.15) is 11.5 Å². The molecule has 1 N–H and O–H groups in total. The van der Waals surface area contributed by atoms with Gasteiger partial charge in [-0.3, -0.25) is 0 Å². The minimum absolute atomic E-state index is 0.827. The number of rotatable bonds is 4. The molecule has 0 spiro atoms. The van der Waals surface area contributed by atoms with Crippen LogP contribution in [0.5, 0.6) is 11.5 Å². The number of hydrogen-bond acceptors (Lipinski definition) is 3. The van der Waals surface area contributed by atoms with E-state index >= 15 is 0 Å². The molecule has 0 amide bonds. The lowest BCUT2D eigenvalue weighted by atomic mass is 10.1. The average Bonchev–Trinajstić information content (AvgIpc) is 2.41. The van der Waals surface area contributed by atoms with Crippen molar-refractivity contribution in [3.05, 3.63) is 48.0 Å². The molecule has 0 atom stereocenters. The summed E-state index contributed by atoms with van der Waals surface area (Å²) in [5.74, 6) is 1.69. The summed E-state index contributed by atoms with van der Waals surface area (Å²) in [4.78, 5) is 0. The van der Waals surface area contributed by atoms with Crippen LogP contribution in [0.15, 0.2) is 42.5 Å². The zero-order valence-corrected chi connectivity index (χ0v) is 10.9. The first-order chi connectivity index (χ1) is 8.74. The Balaban J connectivity index is 2.28. The third kappa shape index (κ3) is 2.56. The van der Waals surface area contributed by atoms with E-state index in [9.17, 15) is 0 Å². The third-order valence-corrected chi connectivity index (χ3v) is 2.81. The van der Waals surface area contributed by atoms with Crippen LogP contribution in [0.2, 0.25) is 0 Å². The topological polar surface area (TPSA) is 30.5 Å². The minimum Gasteiger partial charge on any atom is -0.497 e. The highest BCUT2D eigenvalue weighted by atomic mass is 16.5. The van der Waals surface area contributed by atoms with Crippen molar-refractivity contribution in [2.45, 2.75) is 6.92 Å². The molecule has 0 bridgehead atoms. The summed E-state index contributed by atoms with van der Waals surface area (Å²) in [6.07, 6.45) is 0. The zero-order valence-electron chi connectivity index (χ0n) is 10.9. The second kappa shape index (κ2) is 5.45. The Hall–Kier alpha value is -2.16. The van der Waals surface area contributed by atoms with Crippen LogP contribution in [-0.4, -0.2) is 14.2 Å². The normalized spacial score (nSPS) is 9.94. The fourth-order valence-corrected chi connectivity index (χ4v) is 1.80. The van der Waals surface area contributed by atoms with Crippen LogP contribution in [0.4, 0.5) is 11.4 Å². The summed E-state index contributed by atoms with van der Waals surface area (Å²) in [6, 6.07) is 13.8. The lowest BCUT2D eigenvalue weighted by Crippen LogP contribution is -1.96. The van der Waals surface area contributed by atoms with Crippen LogP contribution < -0.4 is 14.8 Å². The van der Waals surface area contributed by atoms with Gasteiger partial charge < -0.3 is 14.8 Å². The van der Waals surface area contributed by atoms with Crippen LogP contribution in [0, 0.1) is 6.92 Å². The van der Waals surface area contributed by atoms with Crippen molar-refractivity contribution in [1.29, 1.82) is 0 Å². The smallest absolute Gasteiger partial charge is 0.142 e. The number of anilines is 2. The van der Waals surface area contributed by atoms with Crippen LogP contribution in [-0.2, 0) is 0 Å². The lowest BCUT2D eigenvalue weighted by Gasteiger charge is -2.13. The molecule has 0 radical (unpaired) electrons. The van der Waals surface area contributed by atoms with Gasteiger partial charge >= 0.3 is 0 Å². The van der Waals surface area contributed by atoms with Crippen molar-refractivity contribution < 1.29 is 9.47 Å². The summed E-state index contributed by atoms with van der Waals surface area (Å²) in [6.45, 7) is 2.04. The molecular formula is C15H17NO2. The Bertz CT molecular complexity index is 538. The number of para-hydroxylation sites is 2. The lowest BCUT2D eigenvalue weighted by molar-refractivity contribution is 0.414. The molecule has 0 aliphatic rings. The fraction of sp³-hybridized carbons (Fsp3) is 0.200. The van der Waals surface area contributed by atoms with Crippen molar-refractivity contribution in [2.24, 2.45) is 0 Å². The maximum atomic E-state index is 5.32. The number of methoxy groups -OCH3 is 2. The molecule has 3 nitrogen and oxygen atoms in total. The van der Waals surface area contributed by atoms with Gasteiger partial charge in [0.15, 0.2) is 0 Å². The van der Waals surface area contributed by atoms with Gasteiger partial charge in [0.25, 0.3) is 0 Å². The molecule has 2 aromatic rings. The van der Waals surface area contributed by atoms with Gasteiger partial charge in [-0.1, -0.05) is 12.1 Å². The Kier molecular flexibility index (Phi) is 3.72. The highest BCUT2D eigenvalue weighted by Crippen LogP contribution is 2.29. The van der Waals surface area contributed by atoms with Crippen molar-refractivity contribution in [2.75, 3.05) is 19.5 Å². The molecule has 0 heterocycles. The average molecular weight is 243 g/mol. The van der Waals surface area contributed by atoms with Gasteiger partial charge in [-0.2, -0.15) is 0 Å². The van der Waals surface area contributed by atoms with E-state index in [2.05, 4.69) is 5.32 Å². The Morgan fingerprint density at radius 1 is 0.889 bits per heavy atom. The summed E-state index contributed by atoms with van der Waals surface area (Å²) in [5.41, 5.74) is 3.12. The molecule has 2 rings (SSSR count). The second-order valence-corrected chi connectivity index (χ2v) is 4.01. The first kappa shape index (κ1) is 12.3. The van der Waals surface area contributed by atoms with Crippen LogP contribution in [0.1, 0.15) is 5.56 Å². The van der Waals surface area contributed by atoms with E-state index in [1.54, 1.807) is 14.2 Å². The molecule has 0 fully saturated rings. The third-order valence-electron chi connectivity index (χ3n) is 2.81. The Morgan fingerprint density at radius 2 is 1.67 bits per heavy atom. The van der Waals surface area contributed by atoms with Crippen molar-refractivity contribution in [3.8, 4) is 11.5 Å². The van der Waals surface area contributed by atoms with Gasteiger partial charge in [0.2, 0.25) is 0 Å². The maximum Gasteiger partial charge on any atom is 0.142 e. The quantitative estimate of drug-likeness (QED) is 0.887. The maximum absolute atomic E-state index is 5.32. The number of benzene rings is 2. The van der Waals surface area contributed by atoms with Crippen LogP contribution in [0.3, 0.4) is 0 Å². The molecule has 0 saturated heterocycles. The van der Waals surface area contributed by atoms with Gasteiger partial charge in [0, 0.05) is 5.69 Å². The SMILES string of the molecule is COc1ccc(Nc2ccccc2OC)c(C)c1. The van der Waals surface area contributed by atoms with Gasteiger partial charge in [-0.05, 0) is 42.8 Å². The molecule has 0 unspecified atom stereocenters. The molecule has 3 heteroatoms. The Morgan fingerprint density at radius 3 is 2.33 bits per heavy atom.